The molecule has 1 saturated carbocycles. The first-order valence-corrected chi connectivity index (χ1v) is 8.29. The van der Waals surface area contributed by atoms with Gasteiger partial charge in [0, 0.05) is 17.5 Å². The van der Waals surface area contributed by atoms with Crippen molar-refractivity contribution in [3.8, 4) is 0 Å². The summed E-state index contributed by atoms with van der Waals surface area (Å²) in [5, 5.41) is 14.0. The standard InChI is InChI=1S/C15H20N2O3S/c1-9-11-5-7-21-13(11)4-6-17(9)15(20)16-12(8-14(18)19)10-2-3-10/h5,7,9-10,12H,2-4,6,8H2,1H3,(H,16,20)(H,18,19). The number of nitrogens with one attached hydrogen (secondary N) is 1. The fraction of sp³-hybridized carbons (Fsp3) is 0.600. The van der Waals surface area contributed by atoms with Gasteiger partial charge in [-0.25, -0.2) is 4.79 Å². The number of hydrogen-bond donors (Lipinski definition) is 2. The average Bonchev–Trinajstić information content (AvgIpc) is 3.16. The van der Waals surface area contributed by atoms with E-state index < -0.39 is 5.97 Å². The van der Waals surface area contributed by atoms with E-state index in [0.29, 0.717) is 12.5 Å². The smallest absolute Gasteiger partial charge is 0.318 e. The zero-order chi connectivity index (χ0) is 15.0. The van der Waals surface area contributed by atoms with Crippen molar-refractivity contribution in [1.82, 2.24) is 10.2 Å². The van der Waals surface area contributed by atoms with Crippen molar-refractivity contribution in [1.29, 1.82) is 0 Å². The number of carboxylic acid groups (broad SMARTS) is 1. The highest BCUT2D eigenvalue weighted by atomic mass is 32.1. The Kier molecular flexibility index (Phi) is 3.89. The summed E-state index contributed by atoms with van der Waals surface area (Å²) >= 11 is 1.74. The maximum Gasteiger partial charge on any atom is 0.318 e. The fourth-order valence-corrected chi connectivity index (χ4v) is 4.01. The van der Waals surface area contributed by atoms with Crippen LogP contribution < -0.4 is 5.32 Å². The Morgan fingerprint density at radius 1 is 1.52 bits per heavy atom. The lowest BCUT2D eigenvalue weighted by molar-refractivity contribution is -0.137. The second kappa shape index (κ2) is 5.67. The Hall–Kier alpha value is -1.56. The topological polar surface area (TPSA) is 69.6 Å². The van der Waals surface area contributed by atoms with Gasteiger partial charge in [0.25, 0.3) is 0 Å². The summed E-state index contributed by atoms with van der Waals surface area (Å²) in [6.07, 6.45) is 2.94. The van der Waals surface area contributed by atoms with Crippen LogP contribution in [0.4, 0.5) is 4.79 Å². The van der Waals surface area contributed by atoms with Crippen molar-refractivity contribution in [2.24, 2.45) is 5.92 Å². The number of urea groups is 1. The van der Waals surface area contributed by atoms with Gasteiger partial charge >= 0.3 is 12.0 Å². The second-order valence-corrected chi connectivity index (χ2v) is 6.91. The van der Waals surface area contributed by atoms with E-state index in [0.717, 1.165) is 19.3 Å². The van der Waals surface area contributed by atoms with E-state index in [2.05, 4.69) is 16.8 Å². The van der Waals surface area contributed by atoms with Crippen LogP contribution in [0.15, 0.2) is 11.4 Å². The SMILES string of the molecule is CC1c2ccsc2CCN1C(=O)NC(CC(=O)O)C1CC1. The molecule has 1 aliphatic heterocycles. The summed E-state index contributed by atoms with van der Waals surface area (Å²) in [6, 6.07) is 1.79. The predicted octanol–water partition coefficient (Wildman–Crippen LogP) is 2.63. The molecule has 2 N–H and O–H groups in total. The lowest BCUT2D eigenvalue weighted by Gasteiger charge is -2.34. The molecule has 0 aromatic carbocycles. The molecule has 1 aliphatic carbocycles. The Morgan fingerprint density at radius 3 is 2.95 bits per heavy atom. The zero-order valence-corrected chi connectivity index (χ0v) is 12.9. The quantitative estimate of drug-likeness (QED) is 0.898. The highest BCUT2D eigenvalue weighted by molar-refractivity contribution is 7.10. The van der Waals surface area contributed by atoms with Gasteiger partial charge in [-0.1, -0.05) is 0 Å². The largest absolute Gasteiger partial charge is 0.481 e. The van der Waals surface area contributed by atoms with Crippen molar-refractivity contribution in [2.45, 2.75) is 44.7 Å². The van der Waals surface area contributed by atoms with Crippen LogP contribution in [0.2, 0.25) is 0 Å². The third-order valence-corrected chi connectivity index (χ3v) is 5.43. The van der Waals surface area contributed by atoms with E-state index in [1.807, 2.05) is 11.8 Å². The Morgan fingerprint density at radius 2 is 2.29 bits per heavy atom. The maximum absolute atomic E-state index is 12.5. The third-order valence-electron chi connectivity index (χ3n) is 4.43. The highest BCUT2D eigenvalue weighted by Crippen LogP contribution is 2.35. The number of carbonyl (C=O) groups is 2. The lowest BCUT2D eigenvalue weighted by atomic mass is 10.0. The van der Waals surface area contributed by atoms with E-state index in [9.17, 15) is 9.59 Å². The van der Waals surface area contributed by atoms with E-state index in [1.54, 1.807) is 11.3 Å². The Labute approximate surface area is 128 Å². The Bertz CT molecular complexity index is 553. The summed E-state index contributed by atoms with van der Waals surface area (Å²) in [6.45, 7) is 2.73. The number of carboxylic acids is 1. The number of rotatable bonds is 4. The van der Waals surface area contributed by atoms with Gasteiger partial charge in [-0.15, -0.1) is 11.3 Å². The molecule has 0 saturated heterocycles. The van der Waals surface area contributed by atoms with Crippen molar-refractivity contribution in [3.63, 3.8) is 0 Å². The molecule has 21 heavy (non-hydrogen) atoms. The highest BCUT2D eigenvalue weighted by Gasteiger charge is 2.36. The fourth-order valence-electron chi connectivity index (χ4n) is 3.05. The molecular weight excluding hydrogens is 288 g/mol. The van der Waals surface area contributed by atoms with Crippen LogP contribution in [0, 0.1) is 5.92 Å². The van der Waals surface area contributed by atoms with Crippen molar-refractivity contribution in [2.75, 3.05) is 6.54 Å². The van der Waals surface area contributed by atoms with E-state index in [4.69, 9.17) is 5.11 Å². The van der Waals surface area contributed by atoms with Crippen LogP contribution in [0.25, 0.3) is 0 Å². The van der Waals surface area contributed by atoms with Gasteiger partial charge in [0.1, 0.15) is 0 Å². The van der Waals surface area contributed by atoms with E-state index in [1.165, 1.54) is 10.4 Å². The van der Waals surface area contributed by atoms with Crippen LogP contribution >= 0.6 is 11.3 Å². The molecule has 0 radical (unpaired) electrons. The number of thiophene rings is 1. The number of nitrogens with zero attached hydrogens (tertiary/aromatic N) is 1. The molecule has 2 amide bonds. The van der Waals surface area contributed by atoms with Gasteiger partial charge in [0.2, 0.25) is 0 Å². The molecule has 1 aromatic heterocycles. The minimum atomic E-state index is -0.848. The number of aliphatic carboxylic acids is 1. The molecule has 2 unspecified atom stereocenters. The molecule has 2 atom stereocenters. The minimum Gasteiger partial charge on any atom is -0.481 e. The monoisotopic (exact) mass is 308 g/mol. The molecule has 0 spiro atoms. The van der Waals surface area contributed by atoms with Crippen LogP contribution in [0.3, 0.4) is 0 Å². The summed E-state index contributed by atoms with van der Waals surface area (Å²) in [4.78, 5) is 26.6. The summed E-state index contributed by atoms with van der Waals surface area (Å²) in [5.74, 6) is -0.513. The predicted molar refractivity (Wildman–Crippen MR) is 80.4 cm³/mol. The van der Waals surface area contributed by atoms with Crippen LogP contribution in [0.1, 0.15) is 42.7 Å². The summed E-state index contributed by atoms with van der Waals surface area (Å²) < 4.78 is 0. The Balaban J connectivity index is 1.66. The third kappa shape index (κ3) is 3.05. The van der Waals surface area contributed by atoms with E-state index in [-0.39, 0.29) is 24.5 Å². The molecule has 5 nitrogen and oxygen atoms in total. The van der Waals surface area contributed by atoms with Gasteiger partial charge in [0.15, 0.2) is 0 Å². The lowest BCUT2D eigenvalue weighted by Crippen LogP contribution is -2.49. The number of carbonyl (C=O) groups excluding carboxylic acids is 1. The summed E-state index contributed by atoms with van der Waals surface area (Å²) in [5.41, 5.74) is 1.22. The van der Waals surface area contributed by atoms with Gasteiger partial charge in [-0.2, -0.15) is 0 Å². The van der Waals surface area contributed by atoms with Crippen molar-refractivity contribution < 1.29 is 14.7 Å². The first-order chi connectivity index (χ1) is 10.1. The second-order valence-electron chi connectivity index (χ2n) is 5.91. The van der Waals surface area contributed by atoms with Gasteiger partial charge in [-0.05, 0) is 49.1 Å². The number of amides is 2. The van der Waals surface area contributed by atoms with Crippen LogP contribution in [0.5, 0.6) is 0 Å². The number of fused-ring (bicyclic) bond motifs is 1. The molecule has 1 aromatic rings. The van der Waals surface area contributed by atoms with Gasteiger partial charge in [-0.3, -0.25) is 4.79 Å². The zero-order valence-electron chi connectivity index (χ0n) is 12.0. The molecule has 0 bridgehead atoms. The van der Waals surface area contributed by atoms with Crippen LogP contribution in [-0.2, 0) is 11.2 Å². The van der Waals surface area contributed by atoms with Gasteiger partial charge in [0.05, 0.1) is 12.5 Å². The van der Waals surface area contributed by atoms with Crippen LogP contribution in [-0.4, -0.2) is 34.6 Å². The van der Waals surface area contributed by atoms with Gasteiger partial charge < -0.3 is 15.3 Å². The maximum atomic E-state index is 12.5. The van der Waals surface area contributed by atoms with E-state index >= 15 is 0 Å². The molecule has 2 aliphatic rings. The molecule has 1 fully saturated rings. The molecule has 114 valence electrons. The molecule has 6 heteroatoms. The number of hydrogen-bond acceptors (Lipinski definition) is 3. The average molecular weight is 308 g/mol. The first-order valence-electron chi connectivity index (χ1n) is 7.41. The van der Waals surface area contributed by atoms with Crippen molar-refractivity contribution >= 4 is 23.3 Å². The molecule has 3 rings (SSSR count). The van der Waals surface area contributed by atoms with Crippen molar-refractivity contribution in [3.05, 3.63) is 21.9 Å². The first kappa shape index (κ1) is 14.4. The summed E-state index contributed by atoms with van der Waals surface area (Å²) in [7, 11) is 0. The molecule has 2 heterocycles. The minimum absolute atomic E-state index is 0.0162. The molecular formula is C15H20N2O3S. The normalized spacial score (nSPS) is 22.5.